The molecule has 0 amide bonds. The maximum atomic E-state index is 8.58. The average molecular weight is 183 g/mol. The number of aliphatic hydroxyl groups excluding tert-OH is 1. The molecule has 12 heavy (non-hydrogen) atoms. The Bertz CT molecular complexity index is 240. The van der Waals surface area contributed by atoms with E-state index in [1.165, 1.54) is 5.56 Å². The lowest BCUT2D eigenvalue weighted by Crippen LogP contribution is -1.89. The molecular formula is C9H13NOS. The number of aryl methyl sites for hydroxylation is 1. The van der Waals surface area contributed by atoms with E-state index >= 15 is 0 Å². The smallest absolute Gasteiger partial charge is 0.0988 e. The van der Waals surface area contributed by atoms with Crippen LogP contribution in [0.4, 0.5) is 0 Å². The third-order valence-corrected chi connectivity index (χ3v) is 2.70. The lowest BCUT2D eigenvalue weighted by Gasteiger charge is -2.01. The maximum absolute atomic E-state index is 8.58. The molecule has 66 valence electrons. The summed E-state index contributed by atoms with van der Waals surface area (Å²) in [7, 11) is 0. The van der Waals surface area contributed by atoms with Gasteiger partial charge >= 0.3 is 0 Å². The van der Waals surface area contributed by atoms with E-state index < -0.39 is 0 Å². The van der Waals surface area contributed by atoms with Crippen molar-refractivity contribution >= 4 is 11.8 Å². The van der Waals surface area contributed by atoms with E-state index in [2.05, 4.69) is 4.98 Å². The Hall–Kier alpha value is -0.540. The molecule has 0 bridgehead atoms. The first-order chi connectivity index (χ1) is 5.84. The number of aromatic nitrogens is 1. The van der Waals surface area contributed by atoms with Crippen molar-refractivity contribution in [1.29, 1.82) is 0 Å². The van der Waals surface area contributed by atoms with Crippen LogP contribution in [0.15, 0.2) is 23.4 Å². The van der Waals surface area contributed by atoms with Gasteiger partial charge in [0.2, 0.25) is 0 Å². The Morgan fingerprint density at radius 3 is 3.08 bits per heavy atom. The molecule has 0 aliphatic heterocycles. The van der Waals surface area contributed by atoms with E-state index in [1.807, 2.05) is 19.1 Å². The van der Waals surface area contributed by atoms with Crippen LogP contribution >= 0.6 is 11.8 Å². The van der Waals surface area contributed by atoms with E-state index in [0.717, 1.165) is 17.2 Å². The van der Waals surface area contributed by atoms with Crippen LogP contribution < -0.4 is 0 Å². The van der Waals surface area contributed by atoms with Crippen LogP contribution in [-0.4, -0.2) is 22.5 Å². The molecule has 2 nitrogen and oxygen atoms in total. The van der Waals surface area contributed by atoms with Gasteiger partial charge in [-0.2, -0.15) is 0 Å². The summed E-state index contributed by atoms with van der Waals surface area (Å²) in [6.45, 7) is 2.31. The van der Waals surface area contributed by atoms with Crippen LogP contribution in [0.25, 0.3) is 0 Å². The molecule has 0 saturated heterocycles. The second-order valence-corrected chi connectivity index (χ2v) is 3.63. The Kier molecular flexibility index (Phi) is 4.11. The zero-order valence-electron chi connectivity index (χ0n) is 7.16. The van der Waals surface area contributed by atoms with Crippen molar-refractivity contribution in [2.45, 2.75) is 18.4 Å². The van der Waals surface area contributed by atoms with Gasteiger partial charge in [-0.15, -0.1) is 11.8 Å². The first-order valence-corrected chi connectivity index (χ1v) is 4.98. The lowest BCUT2D eigenvalue weighted by molar-refractivity contribution is 0.296. The molecule has 0 saturated carbocycles. The van der Waals surface area contributed by atoms with E-state index in [1.54, 1.807) is 18.0 Å². The molecule has 0 aromatic carbocycles. The van der Waals surface area contributed by atoms with Gasteiger partial charge in [0.15, 0.2) is 0 Å². The van der Waals surface area contributed by atoms with Crippen molar-refractivity contribution < 1.29 is 5.11 Å². The number of pyridine rings is 1. The molecule has 3 heteroatoms. The third-order valence-electron chi connectivity index (χ3n) is 1.50. The Morgan fingerprint density at radius 1 is 1.58 bits per heavy atom. The topological polar surface area (TPSA) is 33.1 Å². The van der Waals surface area contributed by atoms with E-state index in [9.17, 15) is 0 Å². The van der Waals surface area contributed by atoms with Gasteiger partial charge in [0.1, 0.15) is 0 Å². The predicted molar refractivity (Wildman–Crippen MR) is 51.4 cm³/mol. The molecule has 0 unspecified atom stereocenters. The summed E-state index contributed by atoms with van der Waals surface area (Å²) >= 11 is 1.70. The second kappa shape index (κ2) is 5.17. The first kappa shape index (κ1) is 9.55. The summed E-state index contributed by atoms with van der Waals surface area (Å²) in [5.41, 5.74) is 1.21. The second-order valence-electron chi connectivity index (χ2n) is 2.55. The maximum Gasteiger partial charge on any atom is 0.0988 e. The summed E-state index contributed by atoms with van der Waals surface area (Å²) in [6, 6.07) is 3.99. The van der Waals surface area contributed by atoms with Crippen molar-refractivity contribution in [1.82, 2.24) is 4.98 Å². The van der Waals surface area contributed by atoms with Crippen molar-refractivity contribution in [2.75, 3.05) is 12.4 Å². The highest BCUT2D eigenvalue weighted by molar-refractivity contribution is 7.99. The standard InChI is InChI=1S/C9H13NOS/c1-8-4-2-5-10-9(8)12-7-3-6-11/h2,4-5,11H,3,6-7H2,1H3. The largest absolute Gasteiger partial charge is 0.396 e. The van der Waals surface area contributed by atoms with E-state index in [0.29, 0.717) is 0 Å². The zero-order valence-corrected chi connectivity index (χ0v) is 7.97. The summed E-state index contributed by atoms with van der Waals surface area (Å²) in [5, 5.41) is 9.65. The van der Waals surface area contributed by atoms with Crippen LogP contribution in [-0.2, 0) is 0 Å². The van der Waals surface area contributed by atoms with Gasteiger partial charge in [0.25, 0.3) is 0 Å². The normalized spacial score (nSPS) is 10.2. The molecule has 0 aliphatic carbocycles. The zero-order chi connectivity index (χ0) is 8.81. The van der Waals surface area contributed by atoms with Gasteiger partial charge in [-0.1, -0.05) is 6.07 Å². The summed E-state index contributed by atoms with van der Waals surface area (Å²) < 4.78 is 0. The quantitative estimate of drug-likeness (QED) is 0.571. The number of thioether (sulfide) groups is 1. The third kappa shape index (κ3) is 2.83. The Labute approximate surface area is 77.0 Å². The van der Waals surface area contributed by atoms with Gasteiger partial charge in [0.05, 0.1) is 5.03 Å². The predicted octanol–water partition coefficient (Wildman–Crippen LogP) is 1.86. The van der Waals surface area contributed by atoms with Crippen molar-refractivity contribution in [3.8, 4) is 0 Å². The van der Waals surface area contributed by atoms with Gasteiger partial charge in [0, 0.05) is 18.6 Å². The molecule has 1 aromatic heterocycles. The highest BCUT2D eigenvalue weighted by atomic mass is 32.2. The van der Waals surface area contributed by atoms with Gasteiger partial charge in [-0.05, 0) is 25.0 Å². The molecular weight excluding hydrogens is 170 g/mol. The van der Waals surface area contributed by atoms with E-state index in [-0.39, 0.29) is 6.61 Å². The van der Waals surface area contributed by atoms with Crippen molar-refractivity contribution in [3.63, 3.8) is 0 Å². The number of nitrogens with zero attached hydrogens (tertiary/aromatic N) is 1. The van der Waals surface area contributed by atoms with Crippen LogP contribution in [0.1, 0.15) is 12.0 Å². The van der Waals surface area contributed by atoms with Crippen molar-refractivity contribution in [3.05, 3.63) is 23.9 Å². The number of hydrogen-bond donors (Lipinski definition) is 1. The molecule has 0 fully saturated rings. The van der Waals surface area contributed by atoms with Gasteiger partial charge in [-0.25, -0.2) is 4.98 Å². The molecule has 1 N–H and O–H groups in total. The SMILES string of the molecule is Cc1cccnc1SCCCO. The van der Waals surface area contributed by atoms with Gasteiger partial charge < -0.3 is 5.11 Å². The van der Waals surface area contributed by atoms with Crippen LogP contribution in [0.5, 0.6) is 0 Å². The number of aliphatic hydroxyl groups is 1. The molecule has 0 radical (unpaired) electrons. The minimum atomic E-state index is 0.263. The van der Waals surface area contributed by atoms with Gasteiger partial charge in [-0.3, -0.25) is 0 Å². The highest BCUT2D eigenvalue weighted by Crippen LogP contribution is 2.19. The number of rotatable bonds is 4. The summed E-state index contributed by atoms with van der Waals surface area (Å²) in [4.78, 5) is 4.23. The minimum Gasteiger partial charge on any atom is -0.396 e. The minimum absolute atomic E-state index is 0.263. The molecule has 1 heterocycles. The molecule has 0 atom stereocenters. The summed E-state index contributed by atoms with van der Waals surface area (Å²) in [6.07, 6.45) is 2.63. The van der Waals surface area contributed by atoms with Crippen LogP contribution in [0.3, 0.4) is 0 Å². The van der Waals surface area contributed by atoms with E-state index in [4.69, 9.17) is 5.11 Å². The molecule has 1 aromatic rings. The molecule has 0 aliphatic rings. The highest BCUT2D eigenvalue weighted by Gasteiger charge is 1.97. The fraction of sp³-hybridized carbons (Fsp3) is 0.444. The fourth-order valence-corrected chi connectivity index (χ4v) is 1.75. The monoisotopic (exact) mass is 183 g/mol. The first-order valence-electron chi connectivity index (χ1n) is 4.00. The Balaban J connectivity index is 2.46. The average Bonchev–Trinajstić information content (AvgIpc) is 2.09. The molecule has 0 spiro atoms. The molecule has 1 rings (SSSR count). The summed E-state index contributed by atoms with van der Waals surface area (Å²) in [5.74, 6) is 0.939. The number of hydrogen-bond acceptors (Lipinski definition) is 3. The van der Waals surface area contributed by atoms with Crippen molar-refractivity contribution in [2.24, 2.45) is 0 Å². The Morgan fingerprint density at radius 2 is 2.42 bits per heavy atom. The van der Waals surface area contributed by atoms with Crippen LogP contribution in [0.2, 0.25) is 0 Å². The fourth-order valence-electron chi connectivity index (χ4n) is 0.856. The van der Waals surface area contributed by atoms with Crippen LogP contribution in [0, 0.1) is 6.92 Å². The lowest BCUT2D eigenvalue weighted by atomic mass is 10.3.